The Morgan fingerprint density at radius 1 is 1.12 bits per heavy atom. The molecule has 3 aromatic carbocycles. The number of carbonyl (C=O) groups excluding carboxylic acids is 1. The molecule has 2 N–H and O–H groups in total. The number of hydrogen-bond acceptors (Lipinski definition) is 4. The summed E-state index contributed by atoms with van der Waals surface area (Å²) in [4.78, 5) is 17.3. The van der Waals surface area contributed by atoms with Crippen LogP contribution in [0.2, 0.25) is 5.02 Å². The number of anilines is 2. The molecule has 6 heteroatoms. The minimum atomic E-state index is -0.0545. The molecule has 1 fully saturated rings. The topological polar surface area (TPSA) is 73.4 Å². The second-order valence-corrected chi connectivity index (χ2v) is 8.54. The Hall–Kier alpha value is -3.49. The van der Waals surface area contributed by atoms with Crippen LogP contribution in [0.4, 0.5) is 11.4 Å². The lowest BCUT2D eigenvalue weighted by molar-refractivity contribution is -0.131. The van der Waals surface area contributed by atoms with Crippen molar-refractivity contribution in [2.24, 2.45) is 0 Å². The van der Waals surface area contributed by atoms with Crippen molar-refractivity contribution >= 4 is 28.9 Å². The predicted octanol–water partition coefficient (Wildman–Crippen LogP) is 4.73. The molecule has 0 saturated carbocycles. The quantitative estimate of drug-likeness (QED) is 0.590. The molecule has 162 valence electrons. The highest BCUT2D eigenvalue weighted by molar-refractivity contribution is 6.30. The zero-order valence-electron chi connectivity index (χ0n) is 18.0. The average molecular weight is 445 g/mol. The Kier molecular flexibility index (Phi) is 6.34. The minimum Gasteiger partial charge on any atom is -0.397 e. The number of aryl methyl sites for hydroxylation is 1. The molecule has 5 nitrogen and oxygen atoms in total. The molecular formula is C26H25ClN4O. The van der Waals surface area contributed by atoms with Crippen LogP contribution >= 0.6 is 11.6 Å². The SMILES string of the molecule is Cc1ccc(N2CCN(C(=O)Cc3ccccc3C#N)C[C@@H]2c2ccc(Cl)cc2)c(N)c1. The lowest BCUT2D eigenvalue weighted by Crippen LogP contribution is -2.51. The second-order valence-electron chi connectivity index (χ2n) is 8.11. The van der Waals surface area contributed by atoms with E-state index in [0.29, 0.717) is 30.2 Å². The molecule has 0 spiro atoms. The van der Waals surface area contributed by atoms with Crippen LogP contribution in [-0.4, -0.2) is 30.4 Å². The van der Waals surface area contributed by atoms with Gasteiger partial charge in [-0.15, -0.1) is 0 Å². The molecular weight excluding hydrogens is 420 g/mol. The number of nitrogens with zero attached hydrogens (tertiary/aromatic N) is 3. The Labute approximate surface area is 193 Å². The van der Waals surface area contributed by atoms with Crippen LogP contribution < -0.4 is 10.6 Å². The number of halogens is 1. The standard InChI is InChI=1S/C26H25ClN4O/c1-18-6-11-24(23(29)14-18)31-13-12-30(17-25(31)19-7-9-22(27)10-8-19)26(32)15-20-4-2-3-5-21(20)16-28/h2-11,14,25H,12-13,15,17,29H2,1H3/t25-/m1/s1. The van der Waals surface area contributed by atoms with E-state index in [1.165, 1.54) is 0 Å². The first-order valence-electron chi connectivity index (χ1n) is 10.6. The van der Waals surface area contributed by atoms with Crippen molar-refractivity contribution in [3.63, 3.8) is 0 Å². The molecule has 32 heavy (non-hydrogen) atoms. The van der Waals surface area contributed by atoms with Gasteiger partial charge in [0.2, 0.25) is 5.91 Å². The van der Waals surface area contributed by atoms with Crippen molar-refractivity contribution in [2.75, 3.05) is 30.3 Å². The molecule has 1 aliphatic rings. The first-order chi connectivity index (χ1) is 15.5. The van der Waals surface area contributed by atoms with Gasteiger partial charge in [0.05, 0.1) is 35.5 Å². The van der Waals surface area contributed by atoms with Crippen molar-refractivity contribution in [3.05, 3.63) is 94.0 Å². The smallest absolute Gasteiger partial charge is 0.227 e. The average Bonchev–Trinajstić information content (AvgIpc) is 2.80. The van der Waals surface area contributed by atoms with Gasteiger partial charge in [-0.05, 0) is 53.9 Å². The molecule has 1 aliphatic heterocycles. The fraction of sp³-hybridized carbons (Fsp3) is 0.231. The van der Waals surface area contributed by atoms with Gasteiger partial charge >= 0.3 is 0 Å². The Morgan fingerprint density at radius 2 is 1.88 bits per heavy atom. The van der Waals surface area contributed by atoms with Gasteiger partial charge in [-0.2, -0.15) is 5.26 Å². The van der Waals surface area contributed by atoms with E-state index in [9.17, 15) is 10.1 Å². The number of piperazine rings is 1. The van der Waals surface area contributed by atoms with Crippen molar-refractivity contribution in [2.45, 2.75) is 19.4 Å². The molecule has 0 bridgehead atoms. The maximum atomic E-state index is 13.2. The fourth-order valence-electron chi connectivity index (χ4n) is 4.26. The molecule has 1 atom stereocenters. The van der Waals surface area contributed by atoms with Crippen LogP contribution in [0.15, 0.2) is 66.7 Å². The largest absolute Gasteiger partial charge is 0.397 e. The first-order valence-corrected chi connectivity index (χ1v) is 11.0. The Balaban J connectivity index is 1.62. The van der Waals surface area contributed by atoms with Gasteiger partial charge in [0.25, 0.3) is 0 Å². The maximum absolute atomic E-state index is 13.2. The predicted molar refractivity (Wildman–Crippen MR) is 129 cm³/mol. The third-order valence-corrected chi connectivity index (χ3v) is 6.21. The van der Waals surface area contributed by atoms with E-state index < -0.39 is 0 Å². The second kappa shape index (κ2) is 9.33. The normalized spacial score (nSPS) is 16.0. The van der Waals surface area contributed by atoms with E-state index in [0.717, 1.165) is 28.1 Å². The van der Waals surface area contributed by atoms with Crippen molar-refractivity contribution < 1.29 is 4.79 Å². The van der Waals surface area contributed by atoms with E-state index in [1.807, 2.05) is 66.4 Å². The van der Waals surface area contributed by atoms with Crippen molar-refractivity contribution in [1.82, 2.24) is 4.90 Å². The summed E-state index contributed by atoms with van der Waals surface area (Å²) in [6.45, 7) is 3.80. The number of carbonyl (C=O) groups is 1. The molecule has 0 aromatic heterocycles. The summed E-state index contributed by atoms with van der Waals surface area (Å²) in [5, 5.41) is 10.0. The van der Waals surface area contributed by atoms with Crippen LogP contribution in [0, 0.1) is 18.3 Å². The van der Waals surface area contributed by atoms with Gasteiger partial charge in [-0.1, -0.05) is 48.0 Å². The van der Waals surface area contributed by atoms with Crippen LogP contribution in [0.5, 0.6) is 0 Å². The number of hydrogen-bond donors (Lipinski definition) is 1. The van der Waals surface area contributed by atoms with Gasteiger partial charge in [0, 0.05) is 24.7 Å². The third-order valence-electron chi connectivity index (χ3n) is 5.96. The number of amides is 1. The fourth-order valence-corrected chi connectivity index (χ4v) is 4.39. The lowest BCUT2D eigenvalue weighted by Gasteiger charge is -2.43. The van der Waals surface area contributed by atoms with Crippen LogP contribution in [-0.2, 0) is 11.2 Å². The molecule has 4 rings (SSSR count). The van der Waals surface area contributed by atoms with Gasteiger partial charge in [0.1, 0.15) is 0 Å². The number of nitrogen functional groups attached to an aromatic ring is 1. The van der Waals surface area contributed by atoms with Crippen molar-refractivity contribution in [1.29, 1.82) is 5.26 Å². The van der Waals surface area contributed by atoms with Gasteiger partial charge < -0.3 is 15.5 Å². The molecule has 0 radical (unpaired) electrons. The van der Waals surface area contributed by atoms with Crippen LogP contribution in [0.1, 0.15) is 28.3 Å². The molecule has 3 aromatic rings. The van der Waals surface area contributed by atoms with Crippen molar-refractivity contribution in [3.8, 4) is 6.07 Å². The number of nitriles is 1. The van der Waals surface area contributed by atoms with E-state index in [1.54, 1.807) is 6.07 Å². The van der Waals surface area contributed by atoms with E-state index >= 15 is 0 Å². The van der Waals surface area contributed by atoms with E-state index in [2.05, 4.69) is 17.0 Å². The summed E-state index contributed by atoms with van der Waals surface area (Å²) in [5.74, 6) is 0.0168. The van der Waals surface area contributed by atoms with Crippen LogP contribution in [0.25, 0.3) is 0 Å². The van der Waals surface area contributed by atoms with E-state index in [-0.39, 0.29) is 18.4 Å². The number of nitrogens with two attached hydrogens (primary N) is 1. The molecule has 0 unspecified atom stereocenters. The molecule has 1 heterocycles. The summed E-state index contributed by atoms with van der Waals surface area (Å²) in [6, 6.07) is 23.2. The monoisotopic (exact) mass is 444 g/mol. The summed E-state index contributed by atoms with van der Waals surface area (Å²) >= 11 is 6.12. The van der Waals surface area contributed by atoms with Gasteiger partial charge in [-0.25, -0.2) is 0 Å². The Morgan fingerprint density at radius 3 is 2.59 bits per heavy atom. The number of benzene rings is 3. The zero-order chi connectivity index (χ0) is 22.7. The van der Waals surface area contributed by atoms with E-state index in [4.69, 9.17) is 17.3 Å². The zero-order valence-corrected chi connectivity index (χ0v) is 18.7. The molecule has 0 aliphatic carbocycles. The lowest BCUT2D eigenvalue weighted by atomic mass is 9.99. The third kappa shape index (κ3) is 4.56. The number of rotatable bonds is 4. The summed E-state index contributed by atoms with van der Waals surface area (Å²) < 4.78 is 0. The van der Waals surface area contributed by atoms with Gasteiger partial charge in [0.15, 0.2) is 0 Å². The van der Waals surface area contributed by atoms with Crippen LogP contribution in [0.3, 0.4) is 0 Å². The van der Waals surface area contributed by atoms with Gasteiger partial charge in [-0.3, -0.25) is 4.79 Å². The summed E-state index contributed by atoms with van der Waals surface area (Å²) in [7, 11) is 0. The highest BCUT2D eigenvalue weighted by Crippen LogP contribution is 2.35. The minimum absolute atomic E-state index is 0.0168. The highest BCUT2D eigenvalue weighted by Gasteiger charge is 2.32. The summed E-state index contributed by atoms with van der Waals surface area (Å²) in [6.07, 6.45) is 0.212. The Bertz CT molecular complexity index is 1170. The molecule has 1 saturated heterocycles. The summed E-state index contributed by atoms with van der Waals surface area (Å²) in [5.41, 5.74) is 11.6. The molecule has 1 amide bonds. The first kappa shape index (κ1) is 21.7. The highest BCUT2D eigenvalue weighted by atomic mass is 35.5. The maximum Gasteiger partial charge on any atom is 0.227 e.